The second-order valence-electron chi connectivity index (χ2n) is 8.41. The van der Waals surface area contributed by atoms with E-state index < -0.39 is 23.7 Å². The van der Waals surface area contributed by atoms with Gasteiger partial charge in [-0.15, -0.1) is 0 Å². The van der Waals surface area contributed by atoms with E-state index in [2.05, 4.69) is 72.4 Å². The Bertz CT molecular complexity index is 973. The molecule has 2 amide bonds. The Morgan fingerprint density at radius 3 is 2.37 bits per heavy atom. The molecule has 1 fully saturated rings. The Kier molecular flexibility index (Phi) is 10.9. The normalized spacial score (nSPS) is 14.8. The quantitative estimate of drug-likeness (QED) is 0.434. The SMILES string of the molecule is CCc1cc(-c2ccccc2)ccc1C.COC(=O)[C@H](C)N(CC1(C)OCCO1)C(=O)CNC=O. The molecule has 0 spiro atoms. The summed E-state index contributed by atoms with van der Waals surface area (Å²) in [5.74, 6) is -1.93. The van der Waals surface area contributed by atoms with Crippen LogP contribution in [0.4, 0.5) is 0 Å². The predicted molar refractivity (Wildman–Crippen MR) is 134 cm³/mol. The Hall–Kier alpha value is -3.23. The van der Waals surface area contributed by atoms with E-state index in [9.17, 15) is 14.4 Å². The molecule has 0 bridgehead atoms. The summed E-state index contributed by atoms with van der Waals surface area (Å²) >= 11 is 0. The molecular weight excluding hydrogens is 448 g/mol. The van der Waals surface area contributed by atoms with Gasteiger partial charge in [0, 0.05) is 0 Å². The Morgan fingerprint density at radius 1 is 1.14 bits per heavy atom. The molecule has 0 aromatic heterocycles. The molecule has 1 N–H and O–H groups in total. The van der Waals surface area contributed by atoms with Crippen LogP contribution < -0.4 is 5.32 Å². The van der Waals surface area contributed by atoms with Crippen molar-refractivity contribution in [2.75, 3.05) is 33.4 Å². The van der Waals surface area contributed by atoms with E-state index in [1.54, 1.807) is 13.8 Å². The summed E-state index contributed by atoms with van der Waals surface area (Å²) in [6, 6.07) is 16.4. The number of esters is 1. The molecule has 0 saturated carbocycles. The molecule has 1 atom stereocenters. The van der Waals surface area contributed by atoms with E-state index in [1.165, 1.54) is 34.3 Å². The molecule has 1 saturated heterocycles. The zero-order chi connectivity index (χ0) is 25.8. The van der Waals surface area contributed by atoms with Crippen molar-refractivity contribution >= 4 is 18.3 Å². The van der Waals surface area contributed by atoms with E-state index in [-0.39, 0.29) is 13.1 Å². The number of methoxy groups -OCH3 is 1. The van der Waals surface area contributed by atoms with Crippen LogP contribution in [0, 0.1) is 6.92 Å². The summed E-state index contributed by atoms with van der Waals surface area (Å²) in [6.07, 6.45) is 1.52. The maximum absolute atomic E-state index is 12.1. The number of hydrogen-bond donors (Lipinski definition) is 1. The second-order valence-corrected chi connectivity index (χ2v) is 8.41. The molecular formula is C27H36N2O6. The van der Waals surface area contributed by atoms with Crippen LogP contribution >= 0.6 is 0 Å². The first-order valence-electron chi connectivity index (χ1n) is 11.7. The largest absolute Gasteiger partial charge is 0.467 e. The average molecular weight is 485 g/mol. The van der Waals surface area contributed by atoms with Crippen molar-refractivity contribution in [2.24, 2.45) is 0 Å². The van der Waals surface area contributed by atoms with Crippen LogP contribution in [0.25, 0.3) is 11.1 Å². The Balaban J connectivity index is 0.000000256. The third kappa shape index (κ3) is 8.19. The highest BCUT2D eigenvalue weighted by Gasteiger charge is 2.38. The fraction of sp³-hybridized carbons (Fsp3) is 0.444. The Labute approximate surface area is 207 Å². The number of nitrogens with one attached hydrogen (secondary N) is 1. The predicted octanol–water partition coefficient (Wildman–Crippen LogP) is 3.11. The van der Waals surface area contributed by atoms with Gasteiger partial charge >= 0.3 is 5.97 Å². The van der Waals surface area contributed by atoms with E-state index >= 15 is 0 Å². The molecule has 1 aliphatic heterocycles. The molecule has 2 aromatic carbocycles. The maximum Gasteiger partial charge on any atom is 0.328 e. The van der Waals surface area contributed by atoms with Gasteiger partial charge in [0.05, 0.1) is 33.4 Å². The van der Waals surface area contributed by atoms with Gasteiger partial charge in [-0.05, 0) is 49.4 Å². The Morgan fingerprint density at radius 2 is 1.80 bits per heavy atom. The number of rotatable bonds is 9. The highest BCUT2D eigenvalue weighted by atomic mass is 16.7. The van der Waals surface area contributed by atoms with E-state index in [0.717, 1.165) is 6.42 Å². The molecule has 0 aliphatic carbocycles. The molecule has 3 rings (SSSR count). The summed E-state index contributed by atoms with van der Waals surface area (Å²) in [5, 5.41) is 2.27. The lowest BCUT2D eigenvalue weighted by Crippen LogP contribution is -2.53. The minimum atomic E-state index is -0.959. The van der Waals surface area contributed by atoms with Crippen LogP contribution in [-0.4, -0.2) is 68.4 Å². The molecule has 35 heavy (non-hydrogen) atoms. The lowest BCUT2D eigenvalue weighted by Gasteiger charge is -2.33. The van der Waals surface area contributed by atoms with E-state index in [0.29, 0.717) is 19.6 Å². The lowest BCUT2D eigenvalue weighted by molar-refractivity contribution is -0.175. The number of nitrogens with zero attached hydrogens (tertiary/aromatic N) is 1. The van der Waals surface area contributed by atoms with Crippen molar-refractivity contribution in [3.63, 3.8) is 0 Å². The summed E-state index contributed by atoms with van der Waals surface area (Å²) < 4.78 is 15.5. The molecule has 8 nitrogen and oxygen atoms in total. The standard InChI is InChI=1S/C15H16.C12H20N2O6/c1-3-13-11-15(10-9-12(13)2)14-7-5-4-6-8-14;1-9(11(17)18-3)14(10(16)6-13-8-15)7-12(2)19-4-5-20-12/h4-11H,3H2,1-2H3;8-9H,4-7H2,1-3H3,(H,13,15)/t;9-/m.0/s1. The molecule has 1 heterocycles. The van der Waals surface area contributed by atoms with Gasteiger partial charge in [-0.3, -0.25) is 9.59 Å². The lowest BCUT2D eigenvalue weighted by atomic mass is 9.99. The summed E-state index contributed by atoms with van der Waals surface area (Å²) in [6.45, 7) is 8.34. The molecule has 2 aromatic rings. The van der Waals surface area contributed by atoms with Gasteiger partial charge in [0.1, 0.15) is 6.04 Å². The highest BCUT2D eigenvalue weighted by Crippen LogP contribution is 2.23. The molecule has 8 heteroatoms. The first kappa shape index (κ1) is 28.0. The van der Waals surface area contributed by atoms with Crippen molar-refractivity contribution < 1.29 is 28.6 Å². The number of carbonyl (C=O) groups excluding carboxylic acids is 3. The van der Waals surface area contributed by atoms with Crippen molar-refractivity contribution in [3.05, 3.63) is 59.7 Å². The first-order valence-corrected chi connectivity index (χ1v) is 11.7. The number of ether oxygens (including phenoxy) is 3. The molecule has 0 unspecified atom stereocenters. The zero-order valence-electron chi connectivity index (χ0n) is 21.2. The summed E-state index contributed by atoms with van der Waals surface area (Å²) in [5.41, 5.74) is 5.44. The molecule has 0 radical (unpaired) electrons. The van der Waals surface area contributed by atoms with Crippen LogP contribution in [0.5, 0.6) is 0 Å². The highest BCUT2D eigenvalue weighted by molar-refractivity contribution is 5.86. The van der Waals surface area contributed by atoms with Gasteiger partial charge in [-0.1, -0.05) is 55.5 Å². The summed E-state index contributed by atoms with van der Waals surface area (Å²) in [4.78, 5) is 35.2. The van der Waals surface area contributed by atoms with Crippen LogP contribution in [0.2, 0.25) is 0 Å². The number of amides is 2. The minimum absolute atomic E-state index is 0.0721. The van der Waals surface area contributed by atoms with Gasteiger partial charge in [0.15, 0.2) is 5.79 Å². The number of aryl methyl sites for hydroxylation is 2. The van der Waals surface area contributed by atoms with Crippen LogP contribution in [0.1, 0.15) is 31.9 Å². The van der Waals surface area contributed by atoms with Gasteiger partial charge in [0.2, 0.25) is 12.3 Å². The van der Waals surface area contributed by atoms with Crippen molar-refractivity contribution in [2.45, 2.75) is 45.9 Å². The second kappa shape index (κ2) is 13.6. The smallest absolute Gasteiger partial charge is 0.328 e. The fourth-order valence-electron chi connectivity index (χ4n) is 3.79. The molecule has 1 aliphatic rings. The molecule has 190 valence electrons. The third-order valence-electron chi connectivity index (χ3n) is 5.86. The topological polar surface area (TPSA) is 94.2 Å². The van der Waals surface area contributed by atoms with Crippen molar-refractivity contribution in [3.8, 4) is 11.1 Å². The van der Waals surface area contributed by atoms with Crippen molar-refractivity contribution in [1.29, 1.82) is 0 Å². The first-order chi connectivity index (χ1) is 16.7. The maximum atomic E-state index is 12.1. The van der Waals surface area contributed by atoms with Crippen LogP contribution in [0.15, 0.2) is 48.5 Å². The monoisotopic (exact) mass is 484 g/mol. The van der Waals surface area contributed by atoms with Crippen LogP contribution in [-0.2, 0) is 35.0 Å². The van der Waals surface area contributed by atoms with Crippen molar-refractivity contribution in [1.82, 2.24) is 10.2 Å². The number of benzene rings is 2. The van der Waals surface area contributed by atoms with Gasteiger partial charge < -0.3 is 24.4 Å². The fourth-order valence-corrected chi connectivity index (χ4v) is 3.79. The number of hydrogen-bond acceptors (Lipinski definition) is 6. The minimum Gasteiger partial charge on any atom is -0.467 e. The zero-order valence-corrected chi connectivity index (χ0v) is 21.2. The van der Waals surface area contributed by atoms with Crippen LogP contribution in [0.3, 0.4) is 0 Å². The van der Waals surface area contributed by atoms with Gasteiger partial charge in [-0.25, -0.2) is 4.79 Å². The third-order valence-corrected chi connectivity index (χ3v) is 5.86. The van der Waals surface area contributed by atoms with Gasteiger partial charge in [0.25, 0.3) is 0 Å². The number of carbonyl (C=O) groups is 3. The van der Waals surface area contributed by atoms with E-state index in [1.807, 2.05) is 0 Å². The summed E-state index contributed by atoms with van der Waals surface area (Å²) in [7, 11) is 1.25. The average Bonchev–Trinajstić information content (AvgIpc) is 3.32. The van der Waals surface area contributed by atoms with E-state index in [4.69, 9.17) is 9.47 Å². The van der Waals surface area contributed by atoms with Gasteiger partial charge in [-0.2, -0.15) is 0 Å².